The first-order valence-corrected chi connectivity index (χ1v) is 8.20. The van der Waals surface area contributed by atoms with Crippen LogP contribution in [0.25, 0.3) is 11.0 Å². The molecule has 1 N–H and O–H groups in total. The second kappa shape index (κ2) is 5.92. The Bertz CT molecular complexity index is 738. The molecule has 1 fully saturated rings. The maximum Gasteiger partial charge on any atom is 0.254 e. The Morgan fingerprint density at radius 2 is 2.17 bits per heavy atom. The lowest BCUT2D eigenvalue weighted by atomic mass is 9.95. The molecule has 0 aliphatic carbocycles. The highest BCUT2D eigenvalue weighted by atomic mass is 16.3. The lowest BCUT2D eigenvalue weighted by Gasteiger charge is -2.34. The van der Waals surface area contributed by atoms with Crippen molar-refractivity contribution in [3.8, 4) is 0 Å². The molecule has 6 nitrogen and oxygen atoms in total. The summed E-state index contributed by atoms with van der Waals surface area (Å²) in [5.41, 5.74) is 2.17. The van der Waals surface area contributed by atoms with Crippen LogP contribution in [0.15, 0.2) is 12.3 Å². The van der Waals surface area contributed by atoms with Crippen LogP contribution in [0.4, 0.5) is 0 Å². The van der Waals surface area contributed by atoms with Crippen molar-refractivity contribution in [1.82, 2.24) is 19.7 Å². The van der Waals surface area contributed by atoms with E-state index < -0.39 is 6.10 Å². The van der Waals surface area contributed by atoms with E-state index in [1.807, 2.05) is 38.4 Å². The number of fused-ring (bicyclic) bond motifs is 1. The molecule has 0 saturated carbocycles. The summed E-state index contributed by atoms with van der Waals surface area (Å²) >= 11 is 0. The third-order valence-electron chi connectivity index (χ3n) is 4.62. The number of nitrogens with zero attached hydrogens (tertiary/aromatic N) is 4. The normalized spacial score (nSPS) is 22.1. The monoisotopic (exact) mass is 316 g/mol. The molecular formula is C17H24N4O2. The minimum atomic E-state index is -0.454. The Kier molecular flexibility index (Phi) is 4.10. The number of aliphatic hydroxyl groups excluding tert-OH is 1. The van der Waals surface area contributed by atoms with E-state index in [9.17, 15) is 9.90 Å². The van der Waals surface area contributed by atoms with Gasteiger partial charge in [-0.15, -0.1) is 0 Å². The van der Waals surface area contributed by atoms with E-state index >= 15 is 0 Å². The summed E-state index contributed by atoms with van der Waals surface area (Å²) in [4.78, 5) is 19.2. The molecule has 0 radical (unpaired) electrons. The SMILES string of the molecule is Cc1cc(C(=O)N2CCC(C)C(O)C2)c2cnn(C(C)C)c2n1. The van der Waals surface area contributed by atoms with Crippen LogP contribution >= 0.6 is 0 Å². The summed E-state index contributed by atoms with van der Waals surface area (Å²) in [7, 11) is 0. The van der Waals surface area contributed by atoms with Gasteiger partial charge in [-0.2, -0.15) is 5.10 Å². The Hall–Kier alpha value is -1.95. The first-order valence-electron chi connectivity index (χ1n) is 8.20. The molecule has 1 aliphatic heterocycles. The molecule has 3 rings (SSSR count). The van der Waals surface area contributed by atoms with Gasteiger partial charge in [-0.05, 0) is 39.2 Å². The fourth-order valence-corrected chi connectivity index (χ4v) is 3.10. The summed E-state index contributed by atoms with van der Waals surface area (Å²) in [5.74, 6) is 0.191. The molecule has 0 aromatic carbocycles. The highest BCUT2D eigenvalue weighted by Crippen LogP contribution is 2.24. The van der Waals surface area contributed by atoms with Crippen LogP contribution < -0.4 is 0 Å². The van der Waals surface area contributed by atoms with Crippen LogP contribution in [0, 0.1) is 12.8 Å². The van der Waals surface area contributed by atoms with Gasteiger partial charge in [0.25, 0.3) is 5.91 Å². The van der Waals surface area contributed by atoms with Gasteiger partial charge >= 0.3 is 0 Å². The van der Waals surface area contributed by atoms with Gasteiger partial charge in [-0.25, -0.2) is 9.67 Å². The third kappa shape index (κ3) is 2.83. The summed E-state index contributed by atoms with van der Waals surface area (Å²) in [6, 6.07) is 2.00. The smallest absolute Gasteiger partial charge is 0.254 e. The summed E-state index contributed by atoms with van der Waals surface area (Å²) < 4.78 is 1.84. The van der Waals surface area contributed by atoms with E-state index in [0.29, 0.717) is 18.7 Å². The van der Waals surface area contributed by atoms with Crippen LogP contribution in [0.2, 0.25) is 0 Å². The molecule has 1 saturated heterocycles. The van der Waals surface area contributed by atoms with Crippen molar-refractivity contribution in [3.05, 3.63) is 23.5 Å². The molecule has 3 heterocycles. The molecule has 1 amide bonds. The minimum Gasteiger partial charge on any atom is -0.391 e. The largest absolute Gasteiger partial charge is 0.391 e. The molecular weight excluding hydrogens is 292 g/mol. The number of rotatable bonds is 2. The standard InChI is InChI=1S/C17H24N4O2/c1-10(2)21-16-14(8-18-21)13(7-12(4)19-16)17(23)20-6-5-11(3)15(22)9-20/h7-8,10-11,15,22H,5-6,9H2,1-4H3. The van der Waals surface area contributed by atoms with Gasteiger partial charge in [0, 0.05) is 24.8 Å². The zero-order valence-corrected chi connectivity index (χ0v) is 14.2. The highest BCUT2D eigenvalue weighted by molar-refractivity contribution is 6.05. The maximum atomic E-state index is 12.9. The Balaban J connectivity index is 2.01. The number of hydrogen-bond acceptors (Lipinski definition) is 4. The van der Waals surface area contributed by atoms with E-state index in [-0.39, 0.29) is 17.9 Å². The van der Waals surface area contributed by atoms with Gasteiger partial charge in [0.05, 0.1) is 23.3 Å². The molecule has 0 spiro atoms. The zero-order valence-electron chi connectivity index (χ0n) is 14.2. The Morgan fingerprint density at radius 3 is 2.83 bits per heavy atom. The predicted molar refractivity (Wildman–Crippen MR) is 88.3 cm³/mol. The summed E-state index contributed by atoms with van der Waals surface area (Å²) in [6.45, 7) is 9.06. The third-order valence-corrected chi connectivity index (χ3v) is 4.62. The average molecular weight is 316 g/mol. The van der Waals surface area contributed by atoms with E-state index in [1.54, 1.807) is 11.1 Å². The number of carbonyl (C=O) groups excluding carboxylic acids is 1. The van der Waals surface area contributed by atoms with Crippen LogP contribution in [-0.2, 0) is 0 Å². The van der Waals surface area contributed by atoms with Gasteiger partial charge in [0.2, 0.25) is 0 Å². The number of aromatic nitrogens is 3. The topological polar surface area (TPSA) is 71.2 Å². The van der Waals surface area contributed by atoms with Crippen LogP contribution in [0.1, 0.15) is 49.3 Å². The quantitative estimate of drug-likeness (QED) is 0.921. The van der Waals surface area contributed by atoms with E-state index in [0.717, 1.165) is 23.1 Å². The number of aliphatic hydroxyl groups is 1. The fourth-order valence-electron chi connectivity index (χ4n) is 3.10. The Labute approximate surface area is 136 Å². The fraction of sp³-hybridized carbons (Fsp3) is 0.588. The van der Waals surface area contributed by atoms with Crippen LogP contribution in [0.3, 0.4) is 0 Å². The highest BCUT2D eigenvalue weighted by Gasteiger charge is 2.29. The van der Waals surface area contributed by atoms with Crippen molar-refractivity contribution in [2.24, 2.45) is 5.92 Å². The van der Waals surface area contributed by atoms with Crippen molar-refractivity contribution in [3.63, 3.8) is 0 Å². The van der Waals surface area contributed by atoms with Crippen molar-refractivity contribution < 1.29 is 9.90 Å². The first-order chi connectivity index (χ1) is 10.9. The molecule has 23 heavy (non-hydrogen) atoms. The molecule has 6 heteroatoms. The minimum absolute atomic E-state index is 0.0465. The van der Waals surface area contributed by atoms with Crippen molar-refractivity contribution in [1.29, 1.82) is 0 Å². The van der Waals surface area contributed by atoms with Gasteiger partial charge < -0.3 is 10.0 Å². The number of piperidine rings is 1. The predicted octanol–water partition coefficient (Wildman–Crippen LogP) is 2.16. The maximum absolute atomic E-state index is 12.9. The molecule has 124 valence electrons. The molecule has 2 unspecified atom stereocenters. The lowest BCUT2D eigenvalue weighted by molar-refractivity contribution is 0.0250. The van der Waals surface area contributed by atoms with Gasteiger partial charge in [-0.3, -0.25) is 4.79 Å². The van der Waals surface area contributed by atoms with Crippen molar-refractivity contribution in [2.45, 2.75) is 46.3 Å². The zero-order chi connectivity index (χ0) is 16.7. The van der Waals surface area contributed by atoms with E-state index in [2.05, 4.69) is 10.1 Å². The number of pyridine rings is 1. The van der Waals surface area contributed by atoms with Crippen molar-refractivity contribution in [2.75, 3.05) is 13.1 Å². The lowest BCUT2D eigenvalue weighted by Crippen LogP contribution is -2.45. The Morgan fingerprint density at radius 1 is 1.43 bits per heavy atom. The average Bonchev–Trinajstić information content (AvgIpc) is 2.92. The number of aryl methyl sites for hydroxylation is 1. The van der Waals surface area contributed by atoms with Crippen molar-refractivity contribution >= 4 is 16.9 Å². The summed E-state index contributed by atoms with van der Waals surface area (Å²) in [6.07, 6.45) is 2.09. The van der Waals surface area contributed by atoms with E-state index in [4.69, 9.17) is 0 Å². The van der Waals surface area contributed by atoms with Gasteiger partial charge in [0.15, 0.2) is 5.65 Å². The van der Waals surface area contributed by atoms with Gasteiger partial charge in [0.1, 0.15) is 0 Å². The number of hydrogen-bond donors (Lipinski definition) is 1. The second-order valence-corrected chi connectivity index (χ2v) is 6.82. The van der Waals surface area contributed by atoms with Crippen LogP contribution in [-0.4, -0.2) is 49.9 Å². The van der Waals surface area contributed by atoms with Gasteiger partial charge in [-0.1, -0.05) is 6.92 Å². The number of amides is 1. The molecule has 0 bridgehead atoms. The first kappa shape index (κ1) is 15.9. The molecule has 2 atom stereocenters. The van der Waals surface area contributed by atoms with Crippen LogP contribution in [0.5, 0.6) is 0 Å². The molecule has 1 aliphatic rings. The second-order valence-electron chi connectivity index (χ2n) is 6.82. The number of likely N-dealkylation sites (tertiary alicyclic amines) is 1. The molecule has 2 aromatic heterocycles. The molecule has 2 aromatic rings. The van der Waals surface area contributed by atoms with E-state index in [1.165, 1.54) is 0 Å². The number of β-amino-alcohol motifs (C(OH)–C–C–N with tert-alkyl or cyclic N) is 1. The number of carbonyl (C=O) groups is 1. The summed E-state index contributed by atoms with van der Waals surface area (Å²) in [5, 5.41) is 15.2.